The summed E-state index contributed by atoms with van der Waals surface area (Å²) in [6, 6.07) is 14.2. The van der Waals surface area contributed by atoms with Gasteiger partial charge in [0, 0.05) is 26.2 Å². The molecule has 0 saturated heterocycles. The standard InChI is InChI=1S/C21H23N3O4/c1-14-20(26)24(17-9-4-5-10-18(17)28-14)13-19(25)22-12-15-7-6-8-16(11-15)21(27)23(2)3/h4-11,14H,12-13H2,1-3H3,(H,22,25). The molecule has 3 amide bonds. The zero-order valence-electron chi connectivity index (χ0n) is 16.1. The fourth-order valence-electron chi connectivity index (χ4n) is 2.99. The monoisotopic (exact) mass is 381 g/mol. The lowest BCUT2D eigenvalue weighted by atomic mass is 10.1. The third kappa shape index (κ3) is 4.14. The van der Waals surface area contributed by atoms with Gasteiger partial charge >= 0.3 is 0 Å². The second kappa shape index (κ2) is 8.12. The van der Waals surface area contributed by atoms with Gasteiger partial charge in [-0.15, -0.1) is 0 Å². The molecular weight excluding hydrogens is 358 g/mol. The topological polar surface area (TPSA) is 79.0 Å². The lowest BCUT2D eigenvalue weighted by Crippen LogP contribution is -2.48. The summed E-state index contributed by atoms with van der Waals surface area (Å²) >= 11 is 0. The van der Waals surface area contributed by atoms with Crippen molar-refractivity contribution in [3.63, 3.8) is 0 Å². The van der Waals surface area contributed by atoms with Gasteiger partial charge < -0.3 is 15.0 Å². The average molecular weight is 381 g/mol. The molecule has 0 radical (unpaired) electrons. The van der Waals surface area contributed by atoms with Gasteiger partial charge in [-0.05, 0) is 36.8 Å². The van der Waals surface area contributed by atoms with Gasteiger partial charge in [0.1, 0.15) is 12.3 Å². The van der Waals surface area contributed by atoms with E-state index in [1.54, 1.807) is 57.4 Å². The van der Waals surface area contributed by atoms with Gasteiger partial charge in [0.25, 0.3) is 11.8 Å². The fourth-order valence-corrected chi connectivity index (χ4v) is 2.99. The number of nitrogens with one attached hydrogen (secondary N) is 1. The number of ether oxygens (including phenoxy) is 1. The maximum Gasteiger partial charge on any atom is 0.268 e. The zero-order chi connectivity index (χ0) is 20.3. The van der Waals surface area contributed by atoms with Crippen molar-refractivity contribution in [3.05, 3.63) is 59.7 Å². The fraction of sp³-hybridized carbons (Fsp3) is 0.286. The van der Waals surface area contributed by atoms with E-state index in [1.165, 1.54) is 9.80 Å². The van der Waals surface area contributed by atoms with Crippen molar-refractivity contribution in [1.29, 1.82) is 0 Å². The molecule has 28 heavy (non-hydrogen) atoms. The van der Waals surface area contributed by atoms with Crippen LogP contribution in [0.1, 0.15) is 22.8 Å². The van der Waals surface area contributed by atoms with E-state index in [-0.39, 0.29) is 30.8 Å². The van der Waals surface area contributed by atoms with Gasteiger partial charge in [0.05, 0.1) is 5.69 Å². The Balaban J connectivity index is 1.66. The van der Waals surface area contributed by atoms with Gasteiger partial charge in [0.2, 0.25) is 5.91 Å². The Morgan fingerprint density at radius 1 is 1.14 bits per heavy atom. The van der Waals surface area contributed by atoms with Crippen LogP contribution in [0.15, 0.2) is 48.5 Å². The second-order valence-electron chi connectivity index (χ2n) is 6.83. The molecule has 0 aliphatic carbocycles. The lowest BCUT2D eigenvalue weighted by molar-refractivity contribution is -0.128. The van der Waals surface area contributed by atoms with Crippen LogP contribution in [0, 0.1) is 0 Å². The molecule has 1 atom stereocenters. The molecule has 0 fully saturated rings. The van der Waals surface area contributed by atoms with Crippen molar-refractivity contribution in [2.45, 2.75) is 19.6 Å². The highest BCUT2D eigenvalue weighted by Crippen LogP contribution is 2.33. The summed E-state index contributed by atoms with van der Waals surface area (Å²) < 4.78 is 5.58. The van der Waals surface area contributed by atoms with Crippen LogP contribution in [0.2, 0.25) is 0 Å². The van der Waals surface area contributed by atoms with Crippen molar-refractivity contribution < 1.29 is 19.1 Å². The van der Waals surface area contributed by atoms with Crippen molar-refractivity contribution >= 4 is 23.4 Å². The van der Waals surface area contributed by atoms with Crippen molar-refractivity contribution in [2.24, 2.45) is 0 Å². The number of rotatable bonds is 5. The van der Waals surface area contributed by atoms with E-state index >= 15 is 0 Å². The number of hydrogen-bond acceptors (Lipinski definition) is 4. The minimum Gasteiger partial charge on any atom is -0.479 e. The number of fused-ring (bicyclic) bond motifs is 1. The first-order valence-corrected chi connectivity index (χ1v) is 9.01. The van der Waals surface area contributed by atoms with Crippen LogP contribution in [0.3, 0.4) is 0 Å². The first kappa shape index (κ1) is 19.4. The minimum absolute atomic E-state index is 0.0974. The highest BCUT2D eigenvalue weighted by atomic mass is 16.5. The van der Waals surface area contributed by atoms with Crippen molar-refractivity contribution in [3.8, 4) is 5.75 Å². The maximum atomic E-state index is 12.5. The predicted octanol–water partition coefficient (Wildman–Crippen LogP) is 1.82. The number of benzene rings is 2. The maximum absolute atomic E-state index is 12.5. The van der Waals surface area contributed by atoms with Crippen molar-refractivity contribution in [1.82, 2.24) is 10.2 Å². The molecule has 0 aromatic heterocycles. The van der Waals surface area contributed by atoms with Crippen LogP contribution in [-0.4, -0.2) is 49.4 Å². The number of nitrogens with zero attached hydrogens (tertiary/aromatic N) is 2. The van der Waals surface area contributed by atoms with Crippen molar-refractivity contribution in [2.75, 3.05) is 25.5 Å². The van der Waals surface area contributed by atoms with Gasteiger partial charge in [-0.25, -0.2) is 0 Å². The van der Waals surface area contributed by atoms with Gasteiger partial charge in [-0.3, -0.25) is 19.3 Å². The van der Waals surface area contributed by atoms with Gasteiger partial charge in [-0.2, -0.15) is 0 Å². The number of carbonyl (C=O) groups is 3. The van der Waals surface area contributed by atoms with Gasteiger partial charge in [0.15, 0.2) is 6.10 Å². The normalized spacial score (nSPS) is 15.5. The molecule has 146 valence electrons. The van der Waals surface area contributed by atoms with E-state index in [9.17, 15) is 14.4 Å². The van der Waals surface area contributed by atoms with Crippen LogP contribution in [-0.2, 0) is 16.1 Å². The Labute approximate surface area is 163 Å². The molecule has 0 spiro atoms. The zero-order valence-corrected chi connectivity index (χ0v) is 16.1. The number of para-hydroxylation sites is 2. The molecule has 0 bridgehead atoms. The van der Waals surface area contributed by atoms with E-state index in [0.29, 0.717) is 17.0 Å². The van der Waals surface area contributed by atoms with E-state index in [0.717, 1.165) is 5.56 Å². The Morgan fingerprint density at radius 3 is 2.64 bits per heavy atom. The second-order valence-corrected chi connectivity index (χ2v) is 6.83. The molecule has 2 aromatic rings. The molecule has 1 aliphatic rings. The molecule has 7 nitrogen and oxygen atoms in total. The molecule has 7 heteroatoms. The van der Waals surface area contributed by atoms with Crippen LogP contribution in [0.25, 0.3) is 0 Å². The van der Waals surface area contributed by atoms with E-state index in [4.69, 9.17) is 4.74 Å². The van der Waals surface area contributed by atoms with E-state index < -0.39 is 6.10 Å². The van der Waals surface area contributed by atoms with Gasteiger partial charge in [-0.1, -0.05) is 24.3 Å². The summed E-state index contributed by atoms with van der Waals surface area (Å²) in [7, 11) is 3.38. The largest absolute Gasteiger partial charge is 0.479 e. The first-order valence-electron chi connectivity index (χ1n) is 9.01. The highest BCUT2D eigenvalue weighted by molar-refractivity contribution is 6.03. The summed E-state index contributed by atoms with van der Waals surface area (Å²) in [5.74, 6) is -0.0657. The van der Waals surface area contributed by atoms with E-state index in [2.05, 4.69) is 5.32 Å². The lowest BCUT2D eigenvalue weighted by Gasteiger charge is -2.32. The molecule has 2 aromatic carbocycles. The summed E-state index contributed by atoms with van der Waals surface area (Å²) in [5, 5.41) is 2.81. The van der Waals surface area contributed by atoms with E-state index in [1.807, 2.05) is 12.1 Å². The SMILES string of the molecule is CC1Oc2ccccc2N(CC(=O)NCc2cccc(C(=O)N(C)C)c2)C1=O. The van der Waals surface area contributed by atoms with Crippen LogP contribution in [0.5, 0.6) is 5.75 Å². The Hall–Kier alpha value is -3.35. The minimum atomic E-state index is -0.642. The highest BCUT2D eigenvalue weighted by Gasteiger charge is 2.32. The number of anilines is 1. The Kier molecular flexibility index (Phi) is 5.63. The molecule has 1 heterocycles. The third-order valence-corrected chi connectivity index (χ3v) is 4.45. The summed E-state index contributed by atoms with van der Waals surface area (Å²) in [6.07, 6.45) is -0.642. The molecule has 1 N–H and O–H groups in total. The number of hydrogen-bond donors (Lipinski definition) is 1. The Morgan fingerprint density at radius 2 is 1.89 bits per heavy atom. The van der Waals surface area contributed by atoms with Crippen LogP contribution >= 0.6 is 0 Å². The summed E-state index contributed by atoms with van der Waals surface area (Å²) in [5.41, 5.74) is 1.95. The average Bonchev–Trinajstić information content (AvgIpc) is 2.69. The first-order chi connectivity index (χ1) is 13.4. The Bertz CT molecular complexity index is 910. The predicted molar refractivity (Wildman–Crippen MR) is 105 cm³/mol. The van der Waals surface area contributed by atoms with Crippen LogP contribution in [0.4, 0.5) is 5.69 Å². The third-order valence-electron chi connectivity index (χ3n) is 4.45. The smallest absolute Gasteiger partial charge is 0.268 e. The number of amides is 3. The molecule has 1 unspecified atom stereocenters. The quantitative estimate of drug-likeness (QED) is 0.857. The molecular formula is C21H23N3O4. The summed E-state index contributed by atoms with van der Waals surface area (Å²) in [6.45, 7) is 1.83. The molecule has 0 saturated carbocycles. The number of carbonyl (C=O) groups excluding carboxylic acids is 3. The molecule has 1 aliphatic heterocycles. The van der Waals surface area contributed by atoms with Crippen LogP contribution < -0.4 is 15.0 Å². The molecule has 3 rings (SSSR count). The summed E-state index contributed by atoms with van der Waals surface area (Å²) in [4.78, 5) is 39.9.